The summed E-state index contributed by atoms with van der Waals surface area (Å²) in [5, 5.41) is 7.34. The van der Waals surface area contributed by atoms with E-state index in [0.717, 1.165) is 61.3 Å². The Morgan fingerprint density at radius 1 is 0.276 bits per heavy atom. The lowest BCUT2D eigenvalue weighted by molar-refractivity contribution is 0.670. The van der Waals surface area contributed by atoms with Gasteiger partial charge in [0.2, 0.25) is 0 Å². The molecule has 10 aromatic carbocycles. The second-order valence-corrected chi connectivity index (χ2v) is 14.9. The molecule has 0 fully saturated rings. The fourth-order valence-corrected chi connectivity index (χ4v) is 8.68. The van der Waals surface area contributed by atoms with Crippen molar-refractivity contribution in [3.8, 4) is 44.5 Å². The third-order valence-corrected chi connectivity index (χ3v) is 11.5. The number of hydrogen-bond donors (Lipinski definition) is 0. The molecule has 0 saturated carbocycles. The molecule has 0 unspecified atom stereocenters. The summed E-state index contributed by atoms with van der Waals surface area (Å²) < 4.78 is 6.51. The van der Waals surface area contributed by atoms with Gasteiger partial charge in [0.25, 0.3) is 0 Å². The molecule has 0 aliphatic rings. The van der Waals surface area contributed by atoms with Crippen LogP contribution in [0.25, 0.3) is 88.0 Å². The van der Waals surface area contributed by atoms with Gasteiger partial charge in [-0.1, -0.05) is 170 Å². The maximum absolute atomic E-state index is 6.51. The highest BCUT2D eigenvalue weighted by Crippen LogP contribution is 2.43. The van der Waals surface area contributed by atoms with Crippen molar-refractivity contribution in [3.05, 3.63) is 224 Å². The molecule has 272 valence electrons. The lowest BCUT2D eigenvalue weighted by Crippen LogP contribution is -2.09. The number of furan rings is 1. The second-order valence-electron chi connectivity index (χ2n) is 14.9. The average molecular weight is 740 g/mol. The molecule has 0 bridgehead atoms. The van der Waals surface area contributed by atoms with Gasteiger partial charge >= 0.3 is 0 Å². The minimum atomic E-state index is 0.905. The molecule has 11 aromatic rings. The molecule has 0 aliphatic heterocycles. The van der Waals surface area contributed by atoms with E-state index in [4.69, 9.17) is 4.42 Å². The Morgan fingerprint density at radius 2 is 0.828 bits per heavy atom. The normalized spacial score (nSPS) is 11.4. The van der Waals surface area contributed by atoms with Gasteiger partial charge in [-0.05, 0) is 115 Å². The summed E-state index contributed by atoms with van der Waals surface area (Å²) >= 11 is 0. The van der Waals surface area contributed by atoms with E-state index in [9.17, 15) is 0 Å². The Morgan fingerprint density at radius 3 is 1.59 bits per heavy atom. The van der Waals surface area contributed by atoms with E-state index in [1.807, 2.05) is 12.1 Å². The molecule has 1 heterocycles. The molecule has 11 rings (SSSR count). The van der Waals surface area contributed by atoms with Crippen LogP contribution in [0.5, 0.6) is 0 Å². The van der Waals surface area contributed by atoms with Crippen LogP contribution in [0, 0.1) is 0 Å². The predicted molar refractivity (Wildman–Crippen MR) is 245 cm³/mol. The monoisotopic (exact) mass is 739 g/mol. The van der Waals surface area contributed by atoms with Gasteiger partial charge in [-0.2, -0.15) is 0 Å². The zero-order valence-corrected chi connectivity index (χ0v) is 31.7. The molecule has 0 N–H and O–H groups in total. The van der Waals surface area contributed by atoms with Crippen molar-refractivity contribution in [1.29, 1.82) is 0 Å². The van der Waals surface area contributed by atoms with Crippen molar-refractivity contribution in [2.24, 2.45) is 0 Å². The molecule has 2 heteroatoms. The van der Waals surface area contributed by atoms with Crippen molar-refractivity contribution in [1.82, 2.24) is 0 Å². The van der Waals surface area contributed by atoms with Crippen molar-refractivity contribution >= 4 is 60.5 Å². The highest BCUT2D eigenvalue weighted by molar-refractivity contribution is 6.14. The summed E-state index contributed by atoms with van der Waals surface area (Å²) in [6, 6.07) is 80.5. The van der Waals surface area contributed by atoms with E-state index in [1.54, 1.807) is 0 Å². The number of nitrogens with zero attached hydrogens (tertiary/aromatic N) is 1. The second kappa shape index (κ2) is 14.1. The Hall–Kier alpha value is -7.68. The molecule has 0 atom stereocenters. The summed E-state index contributed by atoms with van der Waals surface area (Å²) in [6.45, 7) is 0. The topological polar surface area (TPSA) is 16.4 Å². The number of benzene rings is 10. The van der Waals surface area contributed by atoms with Crippen LogP contribution in [0.15, 0.2) is 229 Å². The van der Waals surface area contributed by atoms with Crippen LogP contribution >= 0.6 is 0 Å². The largest absolute Gasteiger partial charge is 0.455 e. The molecular formula is C56H37NO. The quantitative estimate of drug-likeness (QED) is 0.151. The molecule has 58 heavy (non-hydrogen) atoms. The summed E-state index contributed by atoms with van der Waals surface area (Å²) in [4.78, 5) is 2.33. The van der Waals surface area contributed by atoms with Crippen LogP contribution in [0.4, 0.5) is 17.1 Å². The van der Waals surface area contributed by atoms with Gasteiger partial charge in [0.1, 0.15) is 11.2 Å². The summed E-state index contributed by atoms with van der Waals surface area (Å²) in [7, 11) is 0. The minimum absolute atomic E-state index is 0.905. The van der Waals surface area contributed by atoms with E-state index in [1.165, 1.54) is 43.8 Å². The van der Waals surface area contributed by atoms with Gasteiger partial charge in [0, 0.05) is 33.4 Å². The maximum Gasteiger partial charge on any atom is 0.143 e. The van der Waals surface area contributed by atoms with Gasteiger partial charge in [0.15, 0.2) is 0 Å². The lowest BCUT2D eigenvalue weighted by Gasteiger charge is -2.26. The van der Waals surface area contributed by atoms with E-state index in [0.29, 0.717) is 0 Å². The summed E-state index contributed by atoms with van der Waals surface area (Å²) in [5.41, 5.74) is 14.4. The van der Waals surface area contributed by atoms with E-state index < -0.39 is 0 Å². The summed E-state index contributed by atoms with van der Waals surface area (Å²) in [5.74, 6) is 0. The summed E-state index contributed by atoms with van der Waals surface area (Å²) in [6.07, 6.45) is 0. The Labute approximate surface area is 337 Å². The standard InChI is InChI=1S/C56H37NO/c1-3-14-39(15-4-1)53-36-41(30-35-49(53)51-23-13-24-52-50-22-11-12-25-55(50)58-56(51)52)38-26-31-44(32-27-38)57(43-17-5-2-6-18-43)45-33-28-40(29-34-45)54-37-42-16-7-8-19-46(42)47-20-9-10-21-48(47)54/h1-37H. The van der Waals surface area contributed by atoms with Gasteiger partial charge in [-0.3, -0.25) is 0 Å². The number of fused-ring (bicyclic) bond motifs is 6. The Balaban J connectivity index is 0.975. The highest BCUT2D eigenvalue weighted by Gasteiger charge is 2.18. The van der Waals surface area contributed by atoms with Crippen LogP contribution in [0.2, 0.25) is 0 Å². The van der Waals surface area contributed by atoms with Crippen LogP contribution in [0.3, 0.4) is 0 Å². The van der Waals surface area contributed by atoms with Crippen LogP contribution in [-0.2, 0) is 0 Å². The highest BCUT2D eigenvalue weighted by atomic mass is 16.3. The number of anilines is 3. The first-order valence-electron chi connectivity index (χ1n) is 19.8. The van der Waals surface area contributed by atoms with Crippen molar-refractivity contribution in [2.75, 3.05) is 4.90 Å². The van der Waals surface area contributed by atoms with Gasteiger partial charge in [-0.25, -0.2) is 0 Å². The third kappa shape index (κ3) is 5.82. The molecule has 0 spiro atoms. The minimum Gasteiger partial charge on any atom is -0.455 e. The van der Waals surface area contributed by atoms with Crippen molar-refractivity contribution in [2.45, 2.75) is 0 Å². The Bertz CT molecular complexity index is 3250. The third-order valence-electron chi connectivity index (χ3n) is 11.5. The SMILES string of the molecule is c1ccc(-c2cc(-c3ccc(N(c4ccccc4)c4ccc(-c5cc6ccccc6c6ccccc56)cc4)cc3)ccc2-c2cccc3c2oc2ccccc23)cc1. The van der Waals surface area contributed by atoms with E-state index in [-0.39, 0.29) is 0 Å². The smallest absolute Gasteiger partial charge is 0.143 e. The fourth-order valence-electron chi connectivity index (χ4n) is 8.68. The fraction of sp³-hybridized carbons (Fsp3) is 0. The van der Waals surface area contributed by atoms with Crippen LogP contribution in [-0.4, -0.2) is 0 Å². The first-order valence-corrected chi connectivity index (χ1v) is 19.8. The molecule has 0 radical (unpaired) electrons. The maximum atomic E-state index is 6.51. The molecular weight excluding hydrogens is 703 g/mol. The average Bonchev–Trinajstić information content (AvgIpc) is 3.69. The number of hydrogen-bond acceptors (Lipinski definition) is 2. The van der Waals surface area contributed by atoms with E-state index >= 15 is 0 Å². The first-order chi connectivity index (χ1) is 28.8. The first kappa shape index (κ1) is 33.6. The lowest BCUT2D eigenvalue weighted by atomic mass is 9.90. The van der Waals surface area contributed by atoms with Crippen LogP contribution < -0.4 is 4.90 Å². The van der Waals surface area contributed by atoms with E-state index in [2.05, 4.69) is 217 Å². The molecule has 0 amide bonds. The zero-order valence-electron chi connectivity index (χ0n) is 31.7. The van der Waals surface area contributed by atoms with Crippen molar-refractivity contribution in [3.63, 3.8) is 0 Å². The molecule has 0 saturated heterocycles. The zero-order chi connectivity index (χ0) is 38.4. The van der Waals surface area contributed by atoms with Gasteiger partial charge in [-0.15, -0.1) is 0 Å². The molecule has 2 nitrogen and oxygen atoms in total. The Kier molecular flexibility index (Phi) is 8.19. The number of rotatable bonds is 7. The van der Waals surface area contributed by atoms with Gasteiger partial charge < -0.3 is 9.32 Å². The van der Waals surface area contributed by atoms with Crippen molar-refractivity contribution < 1.29 is 4.42 Å². The molecule has 0 aliphatic carbocycles. The van der Waals surface area contributed by atoms with Crippen LogP contribution in [0.1, 0.15) is 0 Å². The predicted octanol–water partition coefficient (Wildman–Crippen LogP) is 16.0. The van der Waals surface area contributed by atoms with Gasteiger partial charge in [0.05, 0.1) is 0 Å². The number of para-hydroxylation sites is 3. The molecule has 1 aromatic heterocycles.